The van der Waals surface area contributed by atoms with Crippen molar-refractivity contribution >= 4 is 33.1 Å². The second kappa shape index (κ2) is 7.43. The van der Waals surface area contributed by atoms with E-state index in [4.69, 9.17) is 0 Å². The van der Waals surface area contributed by atoms with Crippen LogP contribution in [0.2, 0.25) is 0 Å². The summed E-state index contributed by atoms with van der Waals surface area (Å²) in [7, 11) is -3.49. The number of anilines is 3. The van der Waals surface area contributed by atoms with Gasteiger partial charge in [-0.05, 0) is 42.5 Å². The fourth-order valence-corrected chi connectivity index (χ4v) is 3.67. The van der Waals surface area contributed by atoms with Gasteiger partial charge in [0.25, 0.3) is 0 Å². The van der Waals surface area contributed by atoms with Crippen LogP contribution in [0.15, 0.2) is 42.5 Å². The van der Waals surface area contributed by atoms with Crippen molar-refractivity contribution < 1.29 is 22.7 Å². The Morgan fingerprint density at radius 1 is 1.04 bits per heavy atom. The van der Waals surface area contributed by atoms with Gasteiger partial charge in [-0.3, -0.25) is 4.72 Å². The van der Waals surface area contributed by atoms with Crippen LogP contribution in [0.25, 0.3) is 0 Å². The van der Waals surface area contributed by atoms with E-state index in [1.807, 2.05) is 4.90 Å². The molecule has 2 N–H and O–H groups in total. The van der Waals surface area contributed by atoms with Crippen molar-refractivity contribution in [1.82, 2.24) is 0 Å². The minimum atomic E-state index is -3.49. The Labute approximate surface area is 157 Å². The van der Waals surface area contributed by atoms with E-state index in [-0.39, 0.29) is 17.1 Å². The Morgan fingerprint density at radius 2 is 1.63 bits per heavy atom. The number of hydrogen-bond donors (Lipinski definition) is 2. The molecule has 2 aromatic rings. The zero-order valence-corrected chi connectivity index (χ0v) is 15.5. The molecule has 27 heavy (non-hydrogen) atoms. The summed E-state index contributed by atoms with van der Waals surface area (Å²) >= 11 is 0. The maximum absolute atomic E-state index is 13.1. The molecule has 1 heterocycles. The lowest BCUT2D eigenvalue weighted by Crippen LogP contribution is -2.47. The van der Waals surface area contributed by atoms with Crippen molar-refractivity contribution in [2.24, 2.45) is 0 Å². The molecule has 0 radical (unpaired) electrons. The van der Waals surface area contributed by atoms with Crippen molar-refractivity contribution in [3.8, 4) is 0 Å². The third-order valence-electron chi connectivity index (χ3n) is 4.34. The molecule has 1 aliphatic heterocycles. The van der Waals surface area contributed by atoms with Crippen LogP contribution in [0, 0.1) is 5.82 Å². The summed E-state index contributed by atoms with van der Waals surface area (Å²) in [6.07, 6.45) is 1.01. The number of sulfonamides is 1. The van der Waals surface area contributed by atoms with E-state index in [1.165, 1.54) is 18.2 Å². The summed E-state index contributed by atoms with van der Waals surface area (Å²) in [6, 6.07) is 10.8. The molecule has 0 unspecified atom stereocenters. The highest BCUT2D eigenvalue weighted by molar-refractivity contribution is 7.92. The molecule has 0 aliphatic carbocycles. The van der Waals surface area contributed by atoms with Gasteiger partial charge in [-0.25, -0.2) is 17.6 Å². The number of carbonyl (C=O) groups is 1. The van der Waals surface area contributed by atoms with Crippen LogP contribution in [0.3, 0.4) is 0 Å². The van der Waals surface area contributed by atoms with Gasteiger partial charge in [0.15, 0.2) is 0 Å². The Morgan fingerprint density at radius 3 is 2.19 bits per heavy atom. The molecule has 0 saturated carbocycles. The third kappa shape index (κ3) is 4.68. The first-order valence-electron chi connectivity index (χ1n) is 8.33. The van der Waals surface area contributed by atoms with E-state index < -0.39 is 16.0 Å². The number of nitrogens with one attached hydrogen (secondary N) is 1. The number of carboxylic acids is 1. The van der Waals surface area contributed by atoms with Gasteiger partial charge in [0.05, 0.1) is 17.5 Å². The summed E-state index contributed by atoms with van der Waals surface area (Å²) in [5.41, 5.74) is 1.71. The van der Waals surface area contributed by atoms with Gasteiger partial charge in [0.1, 0.15) is 5.82 Å². The van der Waals surface area contributed by atoms with Gasteiger partial charge in [-0.2, -0.15) is 0 Å². The second-order valence-electron chi connectivity index (χ2n) is 6.36. The average Bonchev–Trinajstić information content (AvgIpc) is 2.61. The highest BCUT2D eigenvalue weighted by atomic mass is 32.2. The lowest BCUT2D eigenvalue weighted by molar-refractivity contribution is 0.0697. The molecule has 1 saturated heterocycles. The van der Waals surface area contributed by atoms with E-state index in [0.29, 0.717) is 31.9 Å². The lowest BCUT2D eigenvalue weighted by Gasteiger charge is -2.38. The summed E-state index contributed by atoms with van der Waals surface area (Å²) in [6.45, 7) is 2.51. The van der Waals surface area contributed by atoms with Gasteiger partial charge >= 0.3 is 5.97 Å². The molecule has 0 atom stereocenters. The predicted molar refractivity (Wildman–Crippen MR) is 103 cm³/mol. The number of piperazine rings is 1. The summed E-state index contributed by atoms with van der Waals surface area (Å²) in [4.78, 5) is 15.7. The summed E-state index contributed by atoms with van der Waals surface area (Å²) < 4.78 is 38.1. The maximum atomic E-state index is 13.1. The first-order chi connectivity index (χ1) is 12.7. The molecular formula is C18H20FN3O4S. The standard InChI is InChI=1S/C18H20FN3O4S/c1-27(25,26)20-14-4-7-17(16(12-14)18(23)24)22-10-8-21(9-11-22)15-5-2-13(19)3-6-15/h2-7,12,20H,8-11H2,1H3,(H,23,24). The molecule has 3 rings (SSSR count). The minimum Gasteiger partial charge on any atom is -0.478 e. The van der Waals surface area contributed by atoms with Crippen molar-refractivity contribution in [2.75, 3.05) is 47.0 Å². The number of rotatable bonds is 5. The zero-order valence-electron chi connectivity index (χ0n) is 14.7. The number of nitrogens with zero attached hydrogens (tertiary/aromatic N) is 2. The van der Waals surface area contributed by atoms with Crippen LogP contribution in [0.5, 0.6) is 0 Å². The van der Waals surface area contributed by atoms with E-state index >= 15 is 0 Å². The molecule has 1 aliphatic rings. The largest absolute Gasteiger partial charge is 0.478 e. The van der Waals surface area contributed by atoms with Gasteiger partial charge in [-0.1, -0.05) is 0 Å². The van der Waals surface area contributed by atoms with E-state index in [0.717, 1.165) is 11.9 Å². The Balaban J connectivity index is 1.77. The first kappa shape index (κ1) is 19.0. The number of halogens is 1. The molecule has 0 aromatic heterocycles. The summed E-state index contributed by atoms with van der Waals surface area (Å²) in [5.74, 6) is -1.41. The van der Waals surface area contributed by atoms with Crippen molar-refractivity contribution in [3.05, 3.63) is 53.8 Å². The quantitative estimate of drug-likeness (QED) is 0.810. The third-order valence-corrected chi connectivity index (χ3v) is 4.95. The fourth-order valence-electron chi connectivity index (χ4n) is 3.12. The minimum absolute atomic E-state index is 0.0406. The number of hydrogen-bond acceptors (Lipinski definition) is 5. The van der Waals surface area contributed by atoms with Gasteiger partial charge in [0.2, 0.25) is 10.0 Å². The molecule has 9 heteroatoms. The van der Waals surface area contributed by atoms with Gasteiger partial charge in [0, 0.05) is 37.6 Å². The van der Waals surface area contributed by atoms with Crippen molar-refractivity contribution in [3.63, 3.8) is 0 Å². The number of carboxylic acid groups (broad SMARTS) is 1. The van der Waals surface area contributed by atoms with Crippen LogP contribution in [0.1, 0.15) is 10.4 Å². The predicted octanol–water partition coefficient (Wildman–Crippen LogP) is 2.22. The highest BCUT2D eigenvalue weighted by Crippen LogP contribution is 2.27. The first-order valence-corrected chi connectivity index (χ1v) is 10.2. The molecule has 1 fully saturated rings. The Hall–Kier alpha value is -2.81. The van der Waals surface area contributed by atoms with Gasteiger partial charge in [-0.15, -0.1) is 0 Å². The molecular weight excluding hydrogens is 373 g/mol. The fraction of sp³-hybridized carbons (Fsp3) is 0.278. The van der Waals surface area contributed by atoms with Crippen molar-refractivity contribution in [1.29, 1.82) is 0 Å². The maximum Gasteiger partial charge on any atom is 0.337 e. The monoisotopic (exact) mass is 393 g/mol. The smallest absolute Gasteiger partial charge is 0.337 e. The molecule has 144 valence electrons. The second-order valence-corrected chi connectivity index (χ2v) is 8.11. The number of benzene rings is 2. The van der Waals surface area contributed by atoms with Crippen molar-refractivity contribution in [2.45, 2.75) is 0 Å². The topological polar surface area (TPSA) is 90.0 Å². The molecule has 0 spiro atoms. The molecule has 7 nitrogen and oxygen atoms in total. The summed E-state index contributed by atoms with van der Waals surface area (Å²) in [5, 5.41) is 9.53. The highest BCUT2D eigenvalue weighted by Gasteiger charge is 2.22. The zero-order chi connectivity index (χ0) is 19.6. The lowest BCUT2D eigenvalue weighted by atomic mass is 10.1. The number of aromatic carboxylic acids is 1. The van der Waals surface area contributed by atoms with Crippen LogP contribution in [-0.2, 0) is 10.0 Å². The van der Waals surface area contributed by atoms with Crippen LogP contribution in [-0.4, -0.2) is 51.9 Å². The van der Waals surface area contributed by atoms with Crippen LogP contribution in [0.4, 0.5) is 21.5 Å². The SMILES string of the molecule is CS(=O)(=O)Nc1ccc(N2CCN(c3ccc(F)cc3)CC2)c(C(=O)O)c1. The van der Waals surface area contributed by atoms with Crippen LogP contribution < -0.4 is 14.5 Å². The normalized spacial score (nSPS) is 14.9. The average molecular weight is 393 g/mol. The van der Waals surface area contributed by atoms with E-state index in [2.05, 4.69) is 9.62 Å². The van der Waals surface area contributed by atoms with Crippen LogP contribution >= 0.6 is 0 Å². The van der Waals surface area contributed by atoms with E-state index in [1.54, 1.807) is 24.3 Å². The molecule has 0 bridgehead atoms. The Kier molecular flexibility index (Phi) is 5.22. The van der Waals surface area contributed by atoms with E-state index in [9.17, 15) is 22.7 Å². The Bertz CT molecular complexity index is 940. The molecule has 0 amide bonds. The molecule has 2 aromatic carbocycles. The van der Waals surface area contributed by atoms with Gasteiger partial charge < -0.3 is 14.9 Å².